The van der Waals surface area contributed by atoms with E-state index >= 15 is 0 Å². The zero-order valence-electron chi connectivity index (χ0n) is 11.7. The summed E-state index contributed by atoms with van der Waals surface area (Å²) in [6.45, 7) is 5.93. The summed E-state index contributed by atoms with van der Waals surface area (Å²) in [7, 11) is 0. The van der Waals surface area contributed by atoms with Crippen LogP contribution in [0.5, 0.6) is 0 Å². The van der Waals surface area contributed by atoms with Crippen LogP contribution in [0.1, 0.15) is 37.0 Å². The van der Waals surface area contributed by atoms with Crippen LogP contribution in [-0.2, 0) is 4.74 Å². The minimum absolute atomic E-state index is 0.322. The number of hydrogen-bond donors (Lipinski definition) is 1. The van der Waals surface area contributed by atoms with Crippen molar-refractivity contribution in [2.75, 3.05) is 13.1 Å². The normalized spacial score (nSPS) is 17.0. The van der Waals surface area contributed by atoms with Gasteiger partial charge < -0.3 is 10.1 Å². The summed E-state index contributed by atoms with van der Waals surface area (Å²) in [6.07, 6.45) is 2.05. The molecule has 1 aliphatic heterocycles. The summed E-state index contributed by atoms with van der Waals surface area (Å²) in [4.78, 5) is 12.3. The monoisotopic (exact) mass is 359 g/mol. The molecule has 1 heterocycles. The second-order valence-electron chi connectivity index (χ2n) is 5.68. The fourth-order valence-corrected chi connectivity index (χ4v) is 3.43. The molecule has 0 spiro atoms. The van der Waals surface area contributed by atoms with Crippen LogP contribution in [0, 0.1) is 5.92 Å². The van der Waals surface area contributed by atoms with E-state index in [2.05, 4.69) is 21.2 Å². The minimum Gasteiger partial charge on any atom is -0.456 e. The predicted molar refractivity (Wildman–Crippen MR) is 84.2 cm³/mol. The van der Waals surface area contributed by atoms with Crippen molar-refractivity contribution in [2.24, 2.45) is 5.92 Å². The predicted octanol–water partition coefficient (Wildman–Crippen LogP) is 4.04. The lowest BCUT2D eigenvalue weighted by Gasteiger charge is -2.36. The Kier molecular flexibility index (Phi) is 5.10. The van der Waals surface area contributed by atoms with Gasteiger partial charge in [-0.05, 0) is 58.0 Å². The smallest absolute Gasteiger partial charge is 0.338 e. The van der Waals surface area contributed by atoms with Crippen LogP contribution in [0.4, 0.5) is 0 Å². The molecule has 3 nitrogen and oxygen atoms in total. The van der Waals surface area contributed by atoms with E-state index in [1.54, 1.807) is 18.2 Å². The third-order valence-electron chi connectivity index (χ3n) is 3.78. The van der Waals surface area contributed by atoms with Crippen LogP contribution < -0.4 is 5.32 Å². The summed E-state index contributed by atoms with van der Waals surface area (Å²) in [5.41, 5.74) is 0.0138. The molecule has 0 amide bonds. The summed E-state index contributed by atoms with van der Waals surface area (Å²) in [6, 6.07) is 5.11. The molecule has 0 aromatic heterocycles. The van der Waals surface area contributed by atoms with E-state index in [0.717, 1.165) is 30.4 Å². The third kappa shape index (κ3) is 3.96. The zero-order valence-corrected chi connectivity index (χ0v) is 14.1. The number of rotatable bonds is 3. The van der Waals surface area contributed by atoms with Crippen molar-refractivity contribution >= 4 is 33.5 Å². The molecule has 110 valence electrons. The van der Waals surface area contributed by atoms with E-state index < -0.39 is 5.60 Å². The van der Waals surface area contributed by atoms with E-state index in [-0.39, 0.29) is 5.97 Å². The minimum atomic E-state index is -0.464. The van der Waals surface area contributed by atoms with Crippen LogP contribution in [-0.4, -0.2) is 24.7 Å². The molecule has 0 saturated carbocycles. The Bertz CT molecular complexity index is 478. The molecule has 0 atom stereocenters. The summed E-state index contributed by atoms with van der Waals surface area (Å²) in [5.74, 6) is 0.0621. The maximum absolute atomic E-state index is 12.3. The SMILES string of the molecule is CC(C)(OC(=O)c1cc(Cl)cc(Br)c1)C1CCNCC1. The number of ether oxygens (including phenoxy) is 1. The standard InChI is InChI=1S/C15H19BrClNO2/c1-15(2,11-3-5-18-6-4-11)20-14(19)10-7-12(16)9-13(17)8-10/h7-9,11,18H,3-6H2,1-2H3. The van der Waals surface area contributed by atoms with Gasteiger partial charge >= 0.3 is 5.97 Å². The van der Waals surface area contributed by atoms with E-state index in [4.69, 9.17) is 16.3 Å². The number of carbonyl (C=O) groups excluding carboxylic acids is 1. The van der Waals surface area contributed by atoms with Crippen molar-refractivity contribution in [3.05, 3.63) is 33.3 Å². The van der Waals surface area contributed by atoms with Crippen molar-refractivity contribution in [1.29, 1.82) is 0 Å². The highest BCUT2D eigenvalue weighted by atomic mass is 79.9. The number of nitrogens with one attached hydrogen (secondary N) is 1. The second-order valence-corrected chi connectivity index (χ2v) is 7.03. The van der Waals surface area contributed by atoms with Gasteiger partial charge in [0, 0.05) is 15.4 Å². The first kappa shape index (κ1) is 15.8. The van der Waals surface area contributed by atoms with Crippen molar-refractivity contribution in [1.82, 2.24) is 5.32 Å². The molecule has 1 aliphatic rings. The number of esters is 1. The lowest BCUT2D eigenvalue weighted by molar-refractivity contribution is -0.0368. The second kappa shape index (κ2) is 6.46. The summed E-state index contributed by atoms with van der Waals surface area (Å²) < 4.78 is 6.50. The molecule has 0 unspecified atom stereocenters. The van der Waals surface area contributed by atoms with Gasteiger partial charge in [-0.1, -0.05) is 27.5 Å². The van der Waals surface area contributed by atoms with Crippen molar-refractivity contribution in [2.45, 2.75) is 32.3 Å². The number of piperidine rings is 1. The van der Waals surface area contributed by atoms with Crippen LogP contribution in [0.2, 0.25) is 5.02 Å². The lowest BCUT2D eigenvalue weighted by atomic mass is 9.83. The van der Waals surface area contributed by atoms with E-state index in [1.807, 2.05) is 13.8 Å². The fourth-order valence-electron chi connectivity index (χ4n) is 2.57. The summed E-state index contributed by atoms with van der Waals surface area (Å²) >= 11 is 9.31. The Morgan fingerprint density at radius 1 is 1.35 bits per heavy atom. The van der Waals surface area contributed by atoms with Crippen LogP contribution in [0.15, 0.2) is 22.7 Å². The number of hydrogen-bond acceptors (Lipinski definition) is 3. The largest absolute Gasteiger partial charge is 0.456 e. The Hall–Kier alpha value is -0.580. The average molecular weight is 361 g/mol. The quantitative estimate of drug-likeness (QED) is 0.827. The van der Waals surface area contributed by atoms with E-state index in [1.165, 1.54) is 0 Å². The first-order valence-electron chi connectivity index (χ1n) is 6.78. The molecule has 1 aromatic rings. The van der Waals surface area contributed by atoms with Gasteiger partial charge in [-0.2, -0.15) is 0 Å². The number of carbonyl (C=O) groups is 1. The molecular weight excluding hydrogens is 342 g/mol. The Balaban J connectivity index is 2.09. The first-order valence-corrected chi connectivity index (χ1v) is 7.96. The molecule has 0 aliphatic carbocycles. The molecule has 5 heteroatoms. The van der Waals surface area contributed by atoms with Gasteiger partial charge in [0.1, 0.15) is 5.60 Å². The van der Waals surface area contributed by atoms with Gasteiger partial charge in [0.05, 0.1) is 5.56 Å². The maximum atomic E-state index is 12.3. The third-order valence-corrected chi connectivity index (χ3v) is 4.45. The fraction of sp³-hybridized carbons (Fsp3) is 0.533. The molecule has 1 saturated heterocycles. The van der Waals surface area contributed by atoms with Gasteiger partial charge in [0.2, 0.25) is 0 Å². The van der Waals surface area contributed by atoms with Crippen molar-refractivity contribution in [3.8, 4) is 0 Å². The van der Waals surface area contributed by atoms with Gasteiger partial charge in [-0.25, -0.2) is 4.79 Å². The van der Waals surface area contributed by atoms with Crippen molar-refractivity contribution < 1.29 is 9.53 Å². The van der Waals surface area contributed by atoms with Gasteiger partial charge in [-0.15, -0.1) is 0 Å². The highest BCUT2D eigenvalue weighted by Crippen LogP contribution is 2.30. The van der Waals surface area contributed by atoms with Gasteiger partial charge in [0.25, 0.3) is 0 Å². The number of halogens is 2. The number of benzene rings is 1. The highest BCUT2D eigenvalue weighted by Gasteiger charge is 2.34. The van der Waals surface area contributed by atoms with E-state index in [9.17, 15) is 4.79 Å². The zero-order chi connectivity index (χ0) is 14.8. The lowest BCUT2D eigenvalue weighted by Crippen LogP contribution is -2.42. The van der Waals surface area contributed by atoms with Crippen molar-refractivity contribution in [3.63, 3.8) is 0 Å². The highest BCUT2D eigenvalue weighted by molar-refractivity contribution is 9.10. The maximum Gasteiger partial charge on any atom is 0.338 e. The molecular formula is C15H19BrClNO2. The Morgan fingerprint density at radius 3 is 2.60 bits per heavy atom. The Labute approximate surface area is 133 Å². The van der Waals surface area contributed by atoms with Crippen LogP contribution >= 0.6 is 27.5 Å². The van der Waals surface area contributed by atoms with Gasteiger partial charge in [-0.3, -0.25) is 0 Å². The first-order chi connectivity index (χ1) is 9.38. The molecule has 1 N–H and O–H groups in total. The van der Waals surface area contributed by atoms with E-state index in [0.29, 0.717) is 16.5 Å². The molecule has 0 bridgehead atoms. The van der Waals surface area contributed by atoms with Gasteiger partial charge in [0.15, 0.2) is 0 Å². The molecule has 1 aromatic carbocycles. The molecule has 20 heavy (non-hydrogen) atoms. The topological polar surface area (TPSA) is 38.3 Å². The molecule has 0 radical (unpaired) electrons. The molecule has 2 rings (SSSR count). The molecule has 1 fully saturated rings. The van der Waals surface area contributed by atoms with Crippen LogP contribution in [0.25, 0.3) is 0 Å². The average Bonchev–Trinajstić information content (AvgIpc) is 2.38. The summed E-state index contributed by atoms with van der Waals surface area (Å²) in [5, 5.41) is 3.84. The van der Waals surface area contributed by atoms with Crippen LogP contribution in [0.3, 0.4) is 0 Å². The Morgan fingerprint density at radius 2 is 2.00 bits per heavy atom.